The summed E-state index contributed by atoms with van der Waals surface area (Å²) in [6.45, 7) is 4.16. The zero-order valence-corrected chi connectivity index (χ0v) is 17.7. The molecule has 29 heavy (non-hydrogen) atoms. The Bertz CT molecular complexity index is 695. The molecule has 1 aromatic rings. The highest BCUT2D eigenvalue weighted by molar-refractivity contribution is 7.99. The van der Waals surface area contributed by atoms with Gasteiger partial charge in [0.05, 0.1) is 13.2 Å². The highest BCUT2D eigenvalue weighted by Gasteiger charge is 2.51. The Morgan fingerprint density at radius 1 is 0.897 bits per heavy atom. The molecule has 1 aliphatic rings. The topological polar surface area (TPSA) is 97.4 Å². The van der Waals surface area contributed by atoms with Crippen molar-refractivity contribution in [1.29, 1.82) is 0 Å². The van der Waals surface area contributed by atoms with Crippen LogP contribution in [-0.2, 0) is 44.7 Å². The van der Waals surface area contributed by atoms with E-state index in [4.69, 9.17) is 23.7 Å². The zero-order chi connectivity index (χ0) is 21.4. The van der Waals surface area contributed by atoms with Gasteiger partial charge in [0.15, 0.2) is 18.3 Å². The minimum Gasteiger partial charge on any atom is -0.456 e. The molecule has 0 bridgehead atoms. The summed E-state index contributed by atoms with van der Waals surface area (Å²) in [6.07, 6.45) is -1.87. The molecule has 0 spiro atoms. The smallest absolute Gasteiger partial charge is 0.303 e. The van der Waals surface area contributed by atoms with Crippen molar-refractivity contribution < 1.29 is 38.1 Å². The van der Waals surface area contributed by atoms with Gasteiger partial charge in [-0.1, -0.05) is 30.3 Å². The molecule has 2 rings (SSSR count). The average molecular weight is 426 g/mol. The van der Waals surface area contributed by atoms with E-state index in [1.54, 1.807) is 6.26 Å². The van der Waals surface area contributed by atoms with Gasteiger partial charge in [-0.3, -0.25) is 14.4 Å². The summed E-state index contributed by atoms with van der Waals surface area (Å²) in [6, 6.07) is 9.57. The molecule has 9 heteroatoms. The van der Waals surface area contributed by atoms with Crippen molar-refractivity contribution in [2.24, 2.45) is 0 Å². The lowest BCUT2D eigenvalue weighted by atomic mass is 9.99. The molecule has 1 saturated heterocycles. The van der Waals surface area contributed by atoms with Gasteiger partial charge >= 0.3 is 17.9 Å². The van der Waals surface area contributed by atoms with Gasteiger partial charge in [0.2, 0.25) is 0 Å². The SMILES string of the molecule is CS[C@@H]1O[C@H](COCc2ccccc2)[C@H](OC(C)=O)[C@H](OC(C)=O)[C@H]1OC(C)=O. The third-order valence-electron chi connectivity index (χ3n) is 4.12. The number of esters is 3. The lowest BCUT2D eigenvalue weighted by Crippen LogP contribution is -2.61. The van der Waals surface area contributed by atoms with Gasteiger partial charge in [0.25, 0.3) is 0 Å². The zero-order valence-electron chi connectivity index (χ0n) is 16.9. The fourth-order valence-electron chi connectivity index (χ4n) is 3.05. The predicted molar refractivity (Wildman–Crippen MR) is 105 cm³/mol. The predicted octanol–water partition coefficient (Wildman–Crippen LogP) is 2.09. The standard InChI is InChI=1S/C20H26O8S/c1-12(21)25-17-16(11-24-10-15-8-6-5-7-9-15)28-20(29-4)19(27-14(3)23)18(17)26-13(2)22/h5-9,16-20H,10-11H2,1-4H3/t16-,17+,18+,19-,20+/m1/s1. The van der Waals surface area contributed by atoms with Gasteiger partial charge in [0.1, 0.15) is 11.5 Å². The highest BCUT2D eigenvalue weighted by atomic mass is 32.2. The Hall–Kier alpha value is -2.10. The van der Waals surface area contributed by atoms with E-state index in [0.29, 0.717) is 6.61 Å². The van der Waals surface area contributed by atoms with Crippen molar-refractivity contribution >= 4 is 29.7 Å². The van der Waals surface area contributed by atoms with Crippen LogP contribution in [-0.4, -0.2) is 60.6 Å². The van der Waals surface area contributed by atoms with E-state index in [1.807, 2.05) is 30.3 Å². The molecule has 1 aliphatic heterocycles. The van der Waals surface area contributed by atoms with Gasteiger partial charge in [-0.2, -0.15) is 0 Å². The third kappa shape index (κ3) is 7.02. The molecule has 1 aromatic carbocycles. The van der Waals surface area contributed by atoms with Gasteiger partial charge in [-0.15, -0.1) is 11.8 Å². The van der Waals surface area contributed by atoms with Crippen molar-refractivity contribution in [2.45, 2.75) is 57.2 Å². The van der Waals surface area contributed by atoms with Crippen LogP contribution in [0.25, 0.3) is 0 Å². The van der Waals surface area contributed by atoms with Crippen LogP contribution in [0.3, 0.4) is 0 Å². The number of hydrogen-bond acceptors (Lipinski definition) is 9. The first-order chi connectivity index (χ1) is 13.8. The Morgan fingerprint density at radius 3 is 2.00 bits per heavy atom. The molecule has 8 nitrogen and oxygen atoms in total. The Labute approximate surface area is 174 Å². The van der Waals surface area contributed by atoms with Crippen molar-refractivity contribution in [3.05, 3.63) is 35.9 Å². The number of carbonyl (C=O) groups excluding carboxylic acids is 3. The Balaban J connectivity index is 2.21. The molecule has 0 aliphatic carbocycles. The Kier molecular flexibility index (Phi) is 8.94. The van der Waals surface area contributed by atoms with Crippen molar-refractivity contribution in [3.8, 4) is 0 Å². The fourth-order valence-corrected chi connectivity index (χ4v) is 3.78. The van der Waals surface area contributed by atoms with Crippen LogP contribution >= 0.6 is 11.8 Å². The molecular formula is C20H26O8S. The van der Waals surface area contributed by atoms with Crippen LogP contribution in [0.15, 0.2) is 30.3 Å². The minimum atomic E-state index is -1.02. The summed E-state index contributed by atoms with van der Waals surface area (Å²) in [5.74, 6) is -1.72. The van der Waals surface area contributed by atoms with Gasteiger partial charge in [-0.25, -0.2) is 0 Å². The summed E-state index contributed by atoms with van der Waals surface area (Å²) in [5, 5.41) is 0. The van der Waals surface area contributed by atoms with E-state index in [9.17, 15) is 14.4 Å². The van der Waals surface area contributed by atoms with Gasteiger partial charge in [0, 0.05) is 20.8 Å². The number of benzene rings is 1. The number of hydrogen-bond donors (Lipinski definition) is 0. The van der Waals surface area contributed by atoms with Crippen LogP contribution in [0.5, 0.6) is 0 Å². The molecule has 160 valence electrons. The van der Waals surface area contributed by atoms with Crippen molar-refractivity contribution in [2.75, 3.05) is 12.9 Å². The molecule has 1 fully saturated rings. The number of carbonyl (C=O) groups is 3. The maximum absolute atomic E-state index is 11.7. The summed E-state index contributed by atoms with van der Waals surface area (Å²) >= 11 is 1.29. The molecule has 0 aromatic heterocycles. The lowest BCUT2D eigenvalue weighted by Gasteiger charge is -2.44. The highest BCUT2D eigenvalue weighted by Crippen LogP contribution is 2.33. The molecule has 0 N–H and O–H groups in total. The second-order valence-corrected chi connectivity index (χ2v) is 7.44. The lowest BCUT2D eigenvalue weighted by molar-refractivity contribution is -0.238. The average Bonchev–Trinajstić information content (AvgIpc) is 2.65. The Morgan fingerprint density at radius 2 is 1.45 bits per heavy atom. The second-order valence-electron chi connectivity index (χ2n) is 6.50. The summed E-state index contributed by atoms with van der Waals surface area (Å²) < 4.78 is 27.9. The van der Waals surface area contributed by atoms with Crippen LogP contribution in [0, 0.1) is 0 Å². The molecule has 0 saturated carbocycles. The van der Waals surface area contributed by atoms with E-state index >= 15 is 0 Å². The van der Waals surface area contributed by atoms with Crippen LogP contribution in [0.1, 0.15) is 26.3 Å². The van der Waals surface area contributed by atoms with E-state index in [1.165, 1.54) is 32.5 Å². The molecule has 0 amide bonds. The van der Waals surface area contributed by atoms with Gasteiger partial charge in [-0.05, 0) is 11.8 Å². The van der Waals surface area contributed by atoms with Crippen molar-refractivity contribution in [3.63, 3.8) is 0 Å². The van der Waals surface area contributed by atoms with Crippen LogP contribution < -0.4 is 0 Å². The van der Waals surface area contributed by atoms with Crippen LogP contribution in [0.2, 0.25) is 0 Å². The van der Waals surface area contributed by atoms with E-state index in [2.05, 4.69) is 0 Å². The van der Waals surface area contributed by atoms with Crippen molar-refractivity contribution in [1.82, 2.24) is 0 Å². The quantitative estimate of drug-likeness (QED) is 0.457. The van der Waals surface area contributed by atoms with E-state index in [-0.39, 0.29) is 6.61 Å². The molecular weight excluding hydrogens is 400 g/mol. The first-order valence-corrected chi connectivity index (χ1v) is 10.4. The number of ether oxygens (including phenoxy) is 5. The maximum atomic E-state index is 11.7. The van der Waals surface area contributed by atoms with Gasteiger partial charge < -0.3 is 23.7 Å². The summed E-state index contributed by atoms with van der Waals surface area (Å²) in [7, 11) is 0. The number of rotatable bonds is 8. The first-order valence-electron chi connectivity index (χ1n) is 9.13. The number of thioether (sulfide) groups is 1. The molecule has 0 unspecified atom stereocenters. The monoisotopic (exact) mass is 426 g/mol. The minimum absolute atomic E-state index is 0.0917. The van der Waals surface area contributed by atoms with Crippen LogP contribution in [0.4, 0.5) is 0 Å². The largest absolute Gasteiger partial charge is 0.456 e. The molecule has 1 heterocycles. The fraction of sp³-hybridized carbons (Fsp3) is 0.550. The maximum Gasteiger partial charge on any atom is 0.303 e. The summed E-state index contributed by atoms with van der Waals surface area (Å²) in [5.41, 5.74) is 0.350. The normalized spacial score (nSPS) is 26.4. The van der Waals surface area contributed by atoms with E-state index in [0.717, 1.165) is 5.56 Å². The molecule has 0 radical (unpaired) electrons. The third-order valence-corrected chi connectivity index (χ3v) is 4.97. The molecule has 5 atom stereocenters. The van der Waals surface area contributed by atoms with E-state index < -0.39 is 47.8 Å². The second kappa shape index (κ2) is 11.2. The first kappa shape index (κ1) is 23.2. The summed E-state index contributed by atoms with van der Waals surface area (Å²) in [4.78, 5) is 35.0.